The van der Waals surface area contributed by atoms with Gasteiger partial charge in [0.2, 0.25) is 5.78 Å². The van der Waals surface area contributed by atoms with Crippen molar-refractivity contribution in [3.63, 3.8) is 0 Å². The van der Waals surface area contributed by atoms with Gasteiger partial charge in [-0.05, 0) is 72.0 Å². The van der Waals surface area contributed by atoms with Crippen LogP contribution in [0.15, 0.2) is 22.2 Å². The summed E-state index contributed by atoms with van der Waals surface area (Å²) in [6.45, 7) is 4.57. The van der Waals surface area contributed by atoms with E-state index in [0.29, 0.717) is 22.9 Å². The van der Waals surface area contributed by atoms with E-state index in [9.17, 15) is 19.5 Å². The number of hydrogen-bond acceptors (Lipinski definition) is 6. The molecule has 4 aliphatic carbocycles. The summed E-state index contributed by atoms with van der Waals surface area (Å²) in [6.07, 6.45) is 3.11. The van der Waals surface area contributed by atoms with Gasteiger partial charge in [-0.15, -0.1) is 0 Å². The minimum absolute atomic E-state index is 0.126. The zero-order chi connectivity index (χ0) is 22.6. The van der Waals surface area contributed by atoms with Gasteiger partial charge in [-0.3, -0.25) is 14.4 Å². The number of aliphatic hydroxyl groups is 1. The van der Waals surface area contributed by atoms with Gasteiger partial charge in [-0.1, -0.05) is 13.0 Å². The molecule has 1 heterocycles. The molecule has 8 heteroatoms. The highest BCUT2D eigenvalue weighted by molar-refractivity contribution is 9.12. The molecule has 0 unspecified atom stereocenters. The Hall–Kier alpha value is -1.38. The smallest absolute Gasteiger partial charge is 0.303 e. The zero-order valence-electron chi connectivity index (χ0n) is 17.7. The van der Waals surface area contributed by atoms with Gasteiger partial charge < -0.3 is 14.6 Å². The summed E-state index contributed by atoms with van der Waals surface area (Å²) in [7, 11) is 0. The maximum Gasteiger partial charge on any atom is 0.303 e. The van der Waals surface area contributed by atoms with E-state index in [1.54, 1.807) is 6.08 Å². The number of allylic oxidation sites excluding steroid dienone is 2. The quantitative estimate of drug-likeness (QED) is 0.476. The van der Waals surface area contributed by atoms with Gasteiger partial charge in [0.1, 0.15) is 17.4 Å². The standard InChI is InChI=1S/C23H26BrFO6/c1-11(26)30-10-18(28)22(29)5-4-12-13-6-16(25)14-7-17(27)15(24)8-21(14,3)23(13)19(31-23)9-20(12,22)2/h7-8,12-13,16,19,29H,4-6,9-10H2,1-3H3/t12-,13-,16+,19-,20-,21-,22-,23+/m0/s1. The SMILES string of the molecule is CC(=O)OCC(=O)[C@@]1(O)CC[C@H]2[C@@H]3C[C@@H](F)C4=CC(=O)C(Br)=C[C@]4(C)[C@@]34O[C@H]4C[C@@]21C. The lowest BCUT2D eigenvalue weighted by Gasteiger charge is -2.56. The third-order valence-electron chi connectivity index (χ3n) is 9.00. The molecule has 0 aromatic rings. The van der Waals surface area contributed by atoms with E-state index < -0.39 is 46.6 Å². The van der Waals surface area contributed by atoms with Gasteiger partial charge in [0.15, 0.2) is 12.4 Å². The lowest BCUT2D eigenvalue weighted by atomic mass is 9.46. The Morgan fingerprint density at radius 3 is 2.74 bits per heavy atom. The maximum absolute atomic E-state index is 15.5. The van der Waals surface area contributed by atoms with Crippen molar-refractivity contribution in [2.24, 2.45) is 22.7 Å². The summed E-state index contributed by atoms with van der Waals surface area (Å²) in [5, 5.41) is 11.5. The molecule has 0 amide bonds. The fourth-order valence-electron chi connectivity index (χ4n) is 7.44. The highest BCUT2D eigenvalue weighted by atomic mass is 79.9. The van der Waals surface area contributed by atoms with E-state index >= 15 is 4.39 Å². The van der Waals surface area contributed by atoms with Crippen LogP contribution in [-0.4, -0.2) is 52.7 Å². The minimum Gasteiger partial charge on any atom is -0.458 e. The molecule has 6 nitrogen and oxygen atoms in total. The third-order valence-corrected chi connectivity index (χ3v) is 9.62. The van der Waals surface area contributed by atoms with Crippen LogP contribution < -0.4 is 0 Å². The largest absolute Gasteiger partial charge is 0.458 e. The molecule has 1 N–H and O–H groups in total. The fraction of sp³-hybridized carbons (Fsp3) is 0.696. The van der Waals surface area contributed by atoms with Gasteiger partial charge in [-0.2, -0.15) is 0 Å². The first kappa shape index (κ1) is 21.5. The molecule has 1 saturated heterocycles. The molecule has 31 heavy (non-hydrogen) atoms. The third kappa shape index (κ3) is 2.47. The average Bonchev–Trinajstić information content (AvgIpc) is 3.35. The fourth-order valence-corrected chi connectivity index (χ4v) is 8.02. The monoisotopic (exact) mass is 496 g/mol. The topological polar surface area (TPSA) is 93.2 Å². The number of fused-ring (bicyclic) bond motifs is 3. The first-order valence-corrected chi connectivity index (χ1v) is 11.6. The highest BCUT2D eigenvalue weighted by Crippen LogP contribution is 2.76. The van der Waals surface area contributed by atoms with E-state index in [2.05, 4.69) is 15.9 Å². The normalized spacial score (nSPS) is 49.7. The summed E-state index contributed by atoms with van der Waals surface area (Å²) in [5.74, 6) is -1.65. The molecule has 0 radical (unpaired) electrons. The van der Waals surface area contributed by atoms with E-state index in [1.807, 2.05) is 13.8 Å². The number of carbonyl (C=O) groups excluding carboxylic acids is 3. The second-order valence-corrected chi connectivity index (χ2v) is 11.1. The van der Waals surface area contributed by atoms with E-state index in [0.717, 1.165) is 0 Å². The van der Waals surface area contributed by atoms with Crippen molar-refractivity contribution in [1.82, 2.24) is 0 Å². The number of alkyl halides is 1. The van der Waals surface area contributed by atoms with Gasteiger partial charge in [0.25, 0.3) is 0 Å². The predicted octanol–water partition coefficient (Wildman–Crippen LogP) is 2.96. The number of carbonyl (C=O) groups is 3. The van der Waals surface area contributed by atoms with Crippen LogP contribution in [0, 0.1) is 22.7 Å². The number of esters is 1. The molecule has 0 bridgehead atoms. The van der Waals surface area contributed by atoms with Gasteiger partial charge in [-0.25, -0.2) is 4.39 Å². The van der Waals surface area contributed by atoms with Crippen molar-refractivity contribution in [2.75, 3.05) is 6.61 Å². The van der Waals surface area contributed by atoms with Crippen LogP contribution in [0.1, 0.15) is 46.5 Å². The van der Waals surface area contributed by atoms with Crippen molar-refractivity contribution < 1.29 is 33.4 Å². The Balaban J connectivity index is 1.53. The van der Waals surface area contributed by atoms with Crippen molar-refractivity contribution in [1.29, 1.82) is 0 Å². The number of ether oxygens (including phenoxy) is 2. The van der Waals surface area contributed by atoms with Crippen LogP contribution in [-0.2, 0) is 23.9 Å². The molecule has 1 aliphatic heterocycles. The molecule has 8 atom stereocenters. The summed E-state index contributed by atoms with van der Waals surface area (Å²) in [4.78, 5) is 36.3. The second-order valence-electron chi connectivity index (χ2n) is 10.2. The van der Waals surface area contributed by atoms with E-state index in [1.165, 1.54) is 13.0 Å². The van der Waals surface area contributed by atoms with Crippen LogP contribution >= 0.6 is 15.9 Å². The molecule has 1 spiro atoms. The van der Waals surface area contributed by atoms with Crippen molar-refractivity contribution >= 4 is 33.5 Å². The molecular formula is C23H26BrFO6. The Morgan fingerprint density at radius 1 is 1.35 bits per heavy atom. The minimum atomic E-state index is -1.65. The molecular weight excluding hydrogens is 471 g/mol. The van der Waals surface area contributed by atoms with Crippen LogP contribution in [0.5, 0.6) is 0 Å². The number of halogens is 2. The van der Waals surface area contributed by atoms with Crippen molar-refractivity contribution in [3.05, 3.63) is 22.2 Å². The maximum atomic E-state index is 15.5. The predicted molar refractivity (Wildman–Crippen MR) is 111 cm³/mol. The van der Waals surface area contributed by atoms with Crippen LogP contribution in [0.2, 0.25) is 0 Å². The van der Waals surface area contributed by atoms with E-state index in [-0.39, 0.29) is 36.6 Å². The Labute approximate surface area is 188 Å². The number of Topliss-reactive ketones (excluding diaryl/α,β-unsaturated/α-hetero) is 1. The average molecular weight is 497 g/mol. The molecule has 0 aromatic carbocycles. The van der Waals surface area contributed by atoms with Crippen LogP contribution in [0.25, 0.3) is 0 Å². The number of epoxide rings is 1. The summed E-state index contributed by atoms with van der Waals surface area (Å²) < 4.78 is 27.1. The first-order chi connectivity index (χ1) is 14.4. The Morgan fingerprint density at radius 2 is 2.06 bits per heavy atom. The molecule has 3 saturated carbocycles. The van der Waals surface area contributed by atoms with Crippen LogP contribution in [0.3, 0.4) is 0 Å². The number of hydrogen-bond donors (Lipinski definition) is 1. The zero-order valence-corrected chi connectivity index (χ0v) is 19.3. The van der Waals surface area contributed by atoms with Gasteiger partial charge >= 0.3 is 5.97 Å². The van der Waals surface area contributed by atoms with E-state index in [4.69, 9.17) is 9.47 Å². The second kappa shape index (κ2) is 6.35. The molecule has 168 valence electrons. The first-order valence-electron chi connectivity index (χ1n) is 10.8. The van der Waals surface area contributed by atoms with Gasteiger partial charge in [0, 0.05) is 17.8 Å². The van der Waals surface area contributed by atoms with Crippen molar-refractivity contribution in [2.45, 2.75) is 69.9 Å². The Bertz CT molecular complexity index is 975. The summed E-state index contributed by atoms with van der Waals surface area (Å²) in [6, 6.07) is 0. The molecule has 5 aliphatic rings. The number of rotatable bonds is 3. The van der Waals surface area contributed by atoms with Crippen LogP contribution in [0.4, 0.5) is 4.39 Å². The molecule has 0 aromatic heterocycles. The Kier molecular flexibility index (Phi) is 4.40. The summed E-state index contributed by atoms with van der Waals surface area (Å²) >= 11 is 3.33. The van der Waals surface area contributed by atoms with Crippen molar-refractivity contribution in [3.8, 4) is 0 Å². The lowest BCUT2D eigenvalue weighted by Crippen LogP contribution is -2.62. The lowest BCUT2D eigenvalue weighted by molar-refractivity contribution is -0.166. The number of ketones is 2. The van der Waals surface area contributed by atoms with Gasteiger partial charge in [0.05, 0.1) is 10.6 Å². The molecule has 4 fully saturated rings. The summed E-state index contributed by atoms with van der Waals surface area (Å²) in [5.41, 5.74) is -3.40. The molecule has 5 rings (SSSR count). The highest BCUT2D eigenvalue weighted by Gasteiger charge is 2.82.